The fourth-order valence-electron chi connectivity index (χ4n) is 2.41. The third-order valence-corrected chi connectivity index (χ3v) is 5.28. The number of benzene rings is 1. The highest BCUT2D eigenvalue weighted by Gasteiger charge is 2.17. The van der Waals surface area contributed by atoms with Crippen molar-refractivity contribution in [1.29, 1.82) is 0 Å². The van der Waals surface area contributed by atoms with Crippen LogP contribution in [0.5, 0.6) is 0 Å². The van der Waals surface area contributed by atoms with Crippen molar-refractivity contribution >= 4 is 15.9 Å². The van der Waals surface area contributed by atoms with E-state index >= 15 is 0 Å². The van der Waals surface area contributed by atoms with Crippen molar-refractivity contribution in [3.8, 4) is 0 Å². The third-order valence-electron chi connectivity index (χ3n) is 3.73. The fraction of sp³-hybridized carbons (Fsp3) is 0.438. The van der Waals surface area contributed by atoms with Crippen molar-refractivity contribution in [1.82, 2.24) is 15.4 Å². The summed E-state index contributed by atoms with van der Waals surface area (Å²) in [4.78, 5) is 12.5. The van der Waals surface area contributed by atoms with Gasteiger partial charge in [-0.05, 0) is 37.6 Å². The van der Waals surface area contributed by atoms with E-state index in [1.54, 1.807) is 19.9 Å². The Bertz CT molecular complexity index is 711. The predicted octanol–water partition coefficient (Wildman–Crippen LogP) is 0.943. The van der Waals surface area contributed by atoms with E-state index in [0.29, 0.717) is 18.7 Å². The van der Waals surface area contributed by atoms with Crippen molar-refractivity contribution in [2.75, 3.05) is 26.2 Å². The van der Waals surface area contributed by atoms with E-state index in [-0.39, 0.29) is 10.8 Å². The largest absolute Gasteiger partial charge is 0.348 e. The second-order valence-electron chi connectivity index (χ2n) is 5.48. The molecule has 1 heterocycles. The Balaban J connectivity index is 2.14. The van der Waals surface area contributed by atoms with E-state index in [4.69, 9.17) is 0 Å². The van der Waals surface area contributed by atoms with E-state index in [2.05, 4.69) is 21.4 Å². The Morgan fingerprint density at radius 1 is 1.35 bits per heavy atom. The number of rotatable bonds is 6. The molecule has 2 rings (SSSR count). The lowest BCUT2D eigenvalue weighted by Gasteiger charge is -2.15. The summed E-state index contributed by atoms with van der Waals surface area (Å²) < 4.78 is 26.6. The summed E-state index contributed by atoms with van der Waals surface area (Å²) in [5, 5.41) is 6.09. The lowest BCUT2D eigenvalue weighted by atomic mass is 10.1. The van der Waals surface area contributed by atoms with Crippen LogP contribution in [0, 0.1) is 6.92 Å². The zero-order valence-electron chi connectivity index (χ0n) is 13.5. The van der Waals surface area contributed by atoms with Gasteiger partial charge in [0.05, 0.1) is 4.90 Å². The molecule has 0 atom stereocenters. The molecule has 1 aromatic carbocycles. The van der Waals surface area contributed by atoms with Gasteiger partial charge in [-0.3, -0.25) is 4.79 Å². The van der Waals surface area contributed by atoms with E-state index in [1.807, 2.05) is 0 Å². The van der Waals surface area contributed by atoms with E-state index in [9.17, 15) is 13.2 Å². The normalized spacial score (nSPS) is 15.1. The Kier molecular flexibility index (Phi) is 5.92. The smallest absolute Gasteiger partial charge is 0.251 e. The van der Waals surface area contributed by atoms with Gasteiger partial charge in [0.15, 0.2) is 0 Å². The maximum Gasteiger partial charge on any atom is 0.251 e. The average molecular weight is 337 g/mol. The highest BCUT2D eigenvalue weighted by molar-refractivity contribution is 7.89. The topological polar surface area (TPSA) is 87.3 Å². The predicted molar refractivity (Wildman–Crippen MR) is 89.9 cm³/mol. The molecule has 1 aliphatic rings. The van der Waals surface area contributed by atoms with Crippen molar-refractivity contribution < 1.29 is 13.2 Å². The number of carbonyl (C=O) groups excluding carboxylic acids is 1. The van der Waals surface area contributed by atoms with E-state index in [0.717, 1.165) is 25.1 Å². The molecule has 126 valence electrons. The zero-order chi connectivity index (χ0) is 16.9. The average Bonchev–Trinajstić information content (AvgIpc) is 2.53. The van der Waals surface area contributed by atoms with Crippen LogP contribution in [0.15, 0.2) is 34.7 Å². The molecule has 7 heteroatoms. The molecule has 0 fully saturated rings. The molecule has 0 radical (unpaired) electrons. The molecule has 3 N–H and O–H groups in total. The van der Waals surface area contributed by atoms with Crippen LogP contribution in [0.3, 0.4) is 0 Å². The second-order valence-corrected chi connectivity index (χ2v) is 7.24. The molecule has 1 aliphatic heterocycles. The van der Waals surface area contributed by atoms with Crippen LogP contribution in [0.2, 0.25) is 0 Å². The maximum atomic E-state index is 12.4. The van der Waals surface area contributed by atoms with Crippen LogP contribution in [0.1, 0.15) is 29.3 Å². The first-order valence-corrected chi connectivity index (χ1v) is 9.19. The summed E-state index contributed by atoms with van der Waals surface area (Å²) in [6, 6.07) is 4.60. The molecular weight excluding hydrogens is 314 g/mol. The quantitative estimate of drug-likeness (QED) is 0.674. The SMILES string of the molecule is CCNS(=O)(=O)c1ccc(C)c(C(=O)NCC2=CCNCC2)c1. The summed E-state index contributed by atoms with van der Waals surface area (Å²) in [5.74, 6) is -0.254. The lowest BCUT2D eigenvalue weighted by Crippen LogP contribution is -2.30. The Morgan fingerprint density at radius 3 is 2.78 bits per heavy atom. The number of nitrogens with one attached hydrogen (secondary N) is 3. The number of hydrogen-bond donors (Lipinski definition) is 3. The standard InChI is InChI=1S/C16H23N3O3S/c1-3-19-23(21,22)14-5-4-12(2)15(10-14)16(20)18-11-13-6-8-17-9-7-13/h4-6,10,17,19H,3,7-9,11H2,1-2H3,(H,18,20). The molecular formula is C16H23N3O3S. The summed E-state index contributed by atoms with van der Waals surface area (Å²) in [5.41, 5.74) is 2.32. The molecule has 0 saturated carbocycles. The molecule has 1 amide bonds. The number of amides is 1. The number of carbonyl (C=O) groups is 1. The van der Waals surface area contributed by atoms with Crippen LogP contribution >= 0.6 is 0 Å². The third kappa shape index (κ3) is 4.63. The number of hydrogen-bond acceptors (Lipinski definition) is 4. The minimum Gasteiger partial charge on any atom is -0.348 e. The maximum absolute atomic E-state index is 12.4. The number of sulfonamides is 1. The van der Waals surface area contributed by atoms with Crippen molar-refractivity contribution in [2.45, 2.75) is 25.2 Å². The van der Waals surface area contributed by atoms with E-state index < -0.39 is 10.0 Å². The molecule has 1 aromatic rings. The Labute approximate surface area is 137 Å². The molecule has 23 heavy (non-hydrogen) atoms. The highest BCUT2D eigenvalue weighted by atomic mass is 32.2. The minimum absolute atomic E-state index is 0.108. The molecule has 0 bridgehead atoms. The van der Waals surface area contributed by atoms with Crippen LogP contribution in [0.4, 0.5) is 0 Å². The summed E-state index contributed by atoms with van der Waals surface area (Å²) >= 11 is 0. The molecule has 0 spiro atoms. The molecule has 0 unspecified atom stereocenters. The first-order chi connectivity index (χ1) is 10.9. The number of aryl methyl sites for hydroxylation is 1. The van der Waals surface area contributed by atoms with Crippen molar-refractivity contribution in [2.24, 2.45) is 0 Å². The highest BCUT2D eigenvalue weighted by Crippen LogP contribution is 2.16. The summed E-state index contributed by atoms with van der Waals surface area (Å²) in [7, 11) is -3.57. The van der Waals surface area contributed by atoms with Crippen LogP contribution < -0.4 is 15.4 Å². The first-order valence-electron chi connectivity index (χ1n) is 7.71. The van der Waals surface area contributed by atoms with Gasteiger partial charge in [-0.2, -0.15) is 0 Å². The van der Waals surface area contributed by atoms with E-state index in [1.165, 1.54) is 17.7 Å². The monoisotopic (exact) mass is 337 g/mol. The first kappa shape index (κ1) is 17.7. The Morgan fingerprint density at radius 2 is 2.13 bits per heavy atom. The van der Waals surface area contributed by atoms with Crippen molar-refractivity contribution in [3.05, 3.63) is 41.0 Å². The zero-order valence-corrected chi connectivity index (χ0v) is 14.3. The van der Waals surface area contributed by atoms with Gasteiger partial charge in [0.1, 0.15) is 0 Å². The van der Waals surface area contributed by atoms with Gasteiger partial charge in [0.25, 0.3) is 5.91 Å². The van der Waals surface area contributed by atoms with Crippen LogP contribution in [-0.4, -0.2) is 40.5 Å². The van der Waals surface area contributed by atoms with Gasteiger partial charge in [-0.1, -0.05) is 24.6 Å². The second kappa shape index (κ2) is 7.72. The van der Waals surface area contributed by atoms with Crippen LogP contribution in [-0.2, 0) is 10.0 Å². The van der Waals surface area contributed by atoms with Gasteiger partial charge in [0, 0.05) is 25.2 Å². The lowest BCUT2D eigenvalue weighted by molar-refractivity contribution is 0.0956. The van der Waals surface area contributed by atoms with Crippen LogP contribution in [0.25, 0.3) is 0 Å². The van der Waals surface area contributed by atoms with Gasteiger partial charge < -0.3 is 10.6 Å². The van der Waals surface area contributed by atoms with Crippen molar-refractivity contribution in [3.63, 3.8) is 0 Å². The Hall–Kier alpha value is -1.70. The summed E-state index contributed by atoms with van der Waals surface area (Å²) in [6.45, 7) is 6.04. The minimum atomic E-state index is -3.57. The molecule has 0 aromatic heterocycles. The fourth-order valence-corrected chi connectivity index (χ4v) is 3.47. The van der Waals surface area contributed by atoms with Gasteiger partial charge in [-0.25, -0.2) is 13.1 Å². The van der Waals surface area contributed by atoms with Gasteiger partial charge in [-0.15, -0.1) is 0 Å². The van der Waals surface area contributed by atoms with Gasteiger partial charge in [0.2, 0.25) is 10.0 Å². The molecule has 0 saturated heterocycles. The molecule has 6 nitrogen and oxygen atoms in total. The summed E-state index contributed by atoms with van der Waals surface area (Å²) in [6.07, 6.45) is 2.98. The van der Waals surface area contributed by atoms with Gasteiger partial charge >= 0.3 is 0 Å². The molecule has 0 aliphatic carbocycles.